The van der Waals surface area contributed by atoms with Gasteiger partial charge in [-0.3, -0.25) is 4.79 Å². The van der Waals surface area contributed by atoms with E-state index in [2.05, 4.69) is 0 Å². The normalized spacial score (nSPS) is 21.6. The van der Waals surface area contributed by atoms with Gasteiger partial charge in [0.25, 0.3) is 0 Å². The van der Waals surface area contributed by atoms with E-state index in [4.69, 9.17) is 10.8 Å². The van der Waals surface area contributed by atoms with Crippen molar-refractivity contribution in [3.8, 4) is 0 Å². The van der Waals surface area contributed by atoms with Gasteiger partial charge in [-0.05, 0) is 26.2 Å². The molecule has 0 bridgehead atoms. The number of hydrogen-bond acceptors (Lipinski definition) is 3. The lowest BCUT2D eigenvalue weighted by molar-refractivity contribution is -0.207. The van der Waals surface area contributed by atoms with Crippen LogP contribution in [0, 0.1) is 0 Å². The first-order chi connectivity index (χ1) is 8.00. The first kappa shape index (κ1) is 14.7. The van der Waals surface area contributed by atoms with E-state index >= 15 is 0 Å². The van der Waals surface area contributed by atoms with Crippen molar-refractivity contribution in [3.05, 3.63) is 0 Å². The molecule has 1 fully saturated rings. The standard InChI is InChI=1S/C10H15F3N2O3/c1-8(7(17)18,10(11,12)13)15-6(16)5-9(14)3-2-4-9/h2-5,14H2,1H3,(H,15,16)(H,17,18). The maximum absolute atomic E-state index is 12.6. The van der Waals surface area contributed by atoms with Crippen molar-refractivity contribution in [2.75, 3.05) is 0 Å². The van der Waals surface area contributed by atoms with Crippen molar-refractivity contribution >= 4 is 11.9 Å². The second kappa shape index (κ2) is 4.42. The number of aliphatic carboxylic acids is 1. The highest BCUT2D eigenvalue weighted by molar-refractivity contribution is 5.88. The molecule has 18 heavy (non-hydrogen) atoms. The zero-order valence-corrected chi connectivity index (χ0v) is 9.80. The summed E-state index contributed by atoms with van der Waals surface area (Å²) in [6, 6.07) is 0. The SMILES string of the molecule is CC(NC(=O)CC1(N)CCC1)(C(=O)O)C(F)(F)F. The van der Waals surface area contributed by atoms with Gasteiger partial charge < -0.3 is 16.2 Å². The lowest BCUT2D eigenvalue weighted by Gasteiger charge is -2.38. The second-order valence-electron chi connectivity index (χ2n) is 4.87. The lowest BCUT2D eigenvalue weighted by atomic mass is 9.75. The van der Waals surface area contributed by atoms with Crippen LogP contribution in [0.3, 0.4) is 0 Å². The fraction of sp³-hybridized carbons (Fsp3) is 0.800. The molecule has 8 heteroatoms. The summed E-state index contributed by atoms with van der Waals surface area (Å²) in [5.41, 5.74) is 1.63. The predicted molar refractivity (Wildman–Crippen MR) is 55.6 cm³/mol. The molecule has 0 aromatic rings. The Labute approximate surface area is 102 Å². The molecule has 104 valence electrons. The minimum absolute atomic E-state index is 0.300. The number of alkyl halides is 3. The predicted octanol–water partition coefficient (Wildman–Crippen LogP) is 0.780. The molecule has 0 aromatic carbocycles. The molecule has 5 nitrogen and oxygen atoms in total. The number of carbonyl (C=O) groups is 2. The Hall–Kier alpha value is -1.31. The fourth-order valence-corrected chi connectivity index (χ4v) is 1.70. The smallest absolute Gasteiger partial charge is 0.422 e. The van der Waals surface area contributed by atoms with Crippen molar-refractivity contribution in [1.29, 1.82) is 0 Å². The monoisotopic (exact) mass is 268 g/mol. The Morgan fingerprint density at radius 3 is 2.17 bits per heavy atom. The Morgan fingerprint density at radius 1 is 1.39 bits per heavy atom. The van der Waals surface area contributed by atoms with E-state index in [1.54, 1.807) is 0 Å². The number of nitrogens with one attached hydrogen (secondary N) is 1. The lowest BCUT2D eigenvalue weighted by Crippen LogP contribution is -2.63. The third kappa shape index (κ3) is 2.74. The number of nitrogens with two attached hydrogens (primary N) is 1. The van der Waals surface area contributed by atoms with Gasteiger partial charge in [-0.15, -0.1) is 0 Å². The number of carboxylic acids is 1. The van der Waals surface area contributed by atoms with E-state index in [9.17, 15) is 22.8 Å². The molecule has 1 amide bonds. The van der Waals surface area contributed by atoms with Crippen LogP contribution in [0.5, 0.6) is 0 Å². The summed E-state index contributed by atoms with van der Waals surface area (Å²) < 4.78 is 37.9. The number of carbonyl (C=O) groups excluding carboxylic acids is 1. The van der Waals surface area contributed by atoms with Crippen LogP contribution < -0.4 is 11.1 Å². The average Bonchev–Trinajstić information content (AvgIpc) is 2.12. The summed E-state index contributed by atoms with van der Waals surface area (Å²) in [4.78, 5) is 22.2. The molecule has 0 heterocycles. The second-order valence-corrected chi connectivity index (χ2v) is 4.87. The molecule has 0 aromatic heterocycles. The average molecular weight is 268 g/mol. The Bertz CT molecular complexity index is 366. The number of amides is 1. The van der Waals surface area contributed by atoms with Crippen LogP contribution in [0.15, 0.2) is 0 Å². The van der Waals surface area contributed by atoms with E-state index in [1.165, 1.54) is 5.32 Å². The molecular formula is C10H15F3N2O3. The van der Waals surface area contributed by atoms with Gasteiger partial charge in [-0.25, -0.2) is 4.79 Å². The molecule has 1 atom stereocenters. The van der Waals surface area contributed by atoms with Crippen molar-refractivity contribution in [2.45, 2.75) is 49.9 Å². The number of hydrogen-bond donors (Lipinski definition) is 3. The molecule has 0 spiro atoms. The van der Waals surface area contributed by atoms with Gasteiger partial charge in [-0.1, -0.05) is 0 Å². The summed E-state index contributed by atoms with van der Waals surface area (Å²) >= 11 is 0. The summed E-state index contributed by atoms with van der Waals surface area (Å²) in [7, 11) is 0. The first-order valence-electron chi connectivity index (χ1n) is 5.40. The summed E-state index contributed by atoms with van der Waals surface area (Å²) in [6.45, 7) is 0.414. The van der Waals surface area contributed by atoms with E-state index in [-0.39, 0.29) is 6.42 Å². The quantitative estimate of drug-likeness (QED) is 0.702. The highest BCUT2D eigenvalue weighted by Crippen LogP contribution is 2.34. The largest absolute Gasteiger partial charge is 0.479 e. The molecule has 0 radical (unpaired) electrons. The molecule has 0 aliphatic heterocycles. The highest BCUT2D eigenvalue weighted by Gasteiger charge is 2.58. The Kier molecular flexibility index (Phi) is 3.62. The van der Waals surface area contributed by atoms with Crippen LogP contribution >= 0.6 is 0 Å². The van der Waals surface area contributed by atoms with Gasteiger partial charge in [0, 0.05) is 12.0 Å². The molecule has 1 unspecified atom stereocenters. The highest BCUT2D eigenvalue weighted by atomic mass is 19.4. The van der Waals surface area contributed by atoms with Crippen LogP contribution in [0.1, 0.15) is 32.6 Å². The fourth-order valence-electron chi connectivity index (χ4n) is 1.70. The van der Waals surface area contributed by atoms with E-state index in [0.29, 0.717) is 19.8 Å². The van der Waals surface area contributed by atoms with Crippen molar-refractivity contribution in [3.63, 3.8) is 0 Å². The van der Waals surface area contributed by atoms with Crippen molar-refractivity contribution in [2.24, 2.45) is 5.73 Å². The maximum Gasteiger partial charge on any atom is 0.422 e. The van der Waals surface area contributed by atoms with Crippen LogP contribution in [0.2, 0.25) is 0 Å². The van der Waals surface area contributed by atoms with Crippen LogP contribution in [0.25, 0.3) is 0 Å². The molecule has 1 aliphatic rings. The van der Waals surface area contributed by atoms with Crippen molar-refractivity contribution < 1.29 is 27.9 Å². The Balaban J connectivity index is 2.73. The van der Waals surface area contributed by atoms with E-state index in [0.717, 1.165) is 6.42 Å². The van der Waals surface area contributed by atoms with E-state index in [1.807, 2.05) is 0 Å². The van der Waals surface area contributed by atoms with Gasteiger partial charge >= 0.3 is 12.1 Å². The summed E-state index contributed by atoms with van der Waals surface area (Å²) in [6.07, 6.45) is -3.45. The van der Waals surface area contributed by atoms with Gasteiger partial charge in [-0.2, -0.15) is 13.2 Å². The molecule has 1 aliphatic carbocycles. The number of halogens is 3. The number of carboxylic acid groups (broad SMARTS) is 1. The van der Waals surface area contributed by atoms with E-state index < -0.39 is 29.1 Å². The van der Waals surface area contributed by atoms with Gasteiger partial charge in [0.15, 0.2) is 0 Å². The third-order valence-corrected chi connectivity index (χ3v) is 3.25. The summed E-state index contributed by atoms with van der Waals surface area (Å²) in [5, 5.41) is 10.1. The van der Waals surface area contributed by atoms with Gasteiger partial charge in [0.2, 0.25) is 11.4 Å². The van der Waals surface area contributed by atoms with Crippen LogP contribution in [0.4, 0.5) is 13.2 Å². The molecule has 1 rings (SSSR count). The molecular weight excluding hydrogens is 253 g/mol. The molecule has 1 saturated carbocycles. The molecule has 0 saturated heterocycles. The minimum Gasteiger partial charge on any atom is -0.479 e. The minimum atomic E-state index is -5.07. The van der Waals surface area contributed by atoms with Gasteiger partial charge in [0.05, 0.1) is 0 Å². The zero-order valence-electron chi connectivity index (χ0n) is 9.80. The maximum atomic E-state index is 12.6. The number of rotatable bonds is 4. The van der Waals surface area contributed by atoms with Crippen molar-refractivity contribution in [1.82, 2.24) is 5.32 Å². The Morgan fingerprint density at radius 2 is 1.89 bits per heavy atom. The van der Waals surface area contributed by atoms with Crippen LogP contribution in [-0.4, -0.2) is 34.2 Å². The molecule has 4 N–H and O–H groups in total. The third-order valence-electron chi connectivity index (χ3n) is 3.25. The van der Waals surface area contributed by atoms with Crippen LogP contribution in [-0.2, 0) is 9.59 Å². The first-order valence-corrected chi connectivity index (χ1v) is 5.40. The van der Waals surface area contributed by atoms with Gasteiger partial charge in [0.1, 0.15) is 0 Å². The zero-order chi connectivity index (χ0) is 14.2. The summed E-state index contributed by atoms with van der Waals surface area (Å²) in [5.74, 6) is -3.15. The topological polar surface area (TPSA) is 92.4 Å².